The molecule has 30 heavy (non-hydrogen) atoms. The molecular weight excluding hydrogens is 440 g/mol. The lowest BCUT2D eigenvalue weighted by molar-refractivity contribution is 0.104. The minimum absolute atomic E-state index is 0.0306. The number of fused-ring (bicyclic) bond motifs is 1. The monoisotopic (exact) mass is 468 g/mol. The number of unbranched alkanes of at least 4 members (excludes halogenated alkanes) is 1. The summed E-state index contributed by atoms with van der Waals surface area (Å²) in [5.41, 5.74) is 2.69. The van der Waals surface area contributed by atoms with Crippen molar-refractivity contribution in [2.24, 2.45) is 0 Å². The van der Waals surface area contributed by atoms with Crippen LogP contribution in [0.25, 0.3) is 17.0 Å². The molecule has 0 bridgehead atoms. The highest BCUT2D eigenvalue weighted by Crippen LogP contribution is 2.23. The summed E-state index contributed by atoms with van der Waals surface area (Å²) in [5, 5.41) is 11.7. The quantitative estimate of drug-likeness (QED) is 0.320. The Labute approximate surface area is 186 Å². The van der Waals surface area contributed by atoms with E-state index in [9.17, 15) is 9.90 Å². The van der Waals surface area contributed by atoms with E-state index in [4.69, 9.17) is 0 Å². The summed E-state index contributed by atoms with van der Waals surface area (Å²) in [6.07, 6.45) is 7.33. The van der Waals surface area contributed by atoms with Crippen LogP contribution in [0.15, 0.2) is 65.3 Å². The number of rotatable bonds is 10. The number of likely N-dealkylation sites (N-methyl/N-ethyl adjacent to an activating group) is 1. The number of carbonyl (C=O) groups excluding carboxylic acids is 1. The number of nitrogens with zero attached hydrogens (tertiary/aromatic N) is 2. The van der Waals surface area contributed by atoms with Crippen LogP contribution < -0.4 is 0 Å². The van der Waals surface area contributed by atoms with Gasteiger partial charge in [0.1, 0.15) is 0 Å². The summed E-state index contributed by atoms with van der Waals surface area (Å²) >= 11 is 3.39. The topological polar surface area (TPSA) is 45.5 Å². The molecular formula is C25H29BrN2O2. The predicted octanol–water partition coefficient (Wildman–Crippen LogP) is 5.39. The maximum Gasteiger partial charge on any atom is 0.185 e. The molecule has 4 nitrogen and oxygen atoms in total. The largest absolute Gasteiger partial charge is 0.390 e. The number of aliphatic hydroxyl groups excluding tert-OH is 1. The highest BCUT2D eigenvalue weighted by atomic mass is 79.9. The van der Waals surface area contributed by atoms with Crippen LogP contribution in [0, 0.1) is 0 Å². The van der Waals surface area contributed by atoms with Crippen molar-refractivity contribution < 1.29 is 9.90 Å². The normalized spacial score (nSPS) is 12.8. The first kappa shape index (κ1) is 22.5. The van der Waals surface area contributed by atoms with E-state index in [1.54, 1.807) is 6.08 Å². The zero-order valence-electron chi connectivity index (χ0n) is 17.6. The van der Waals surface area contributed by atoms with Crippen LogP contribution in [0.2, 0.25) is 0 Å². The number of hydrogen-bond donors (Lipinski definition) is 1. The smallest absolute Gasteiger partial charge is 0.185 e. The molecule has 1 atom stereocenters. The molecule has 1 heterocycles. The van der Waals surface area contributed by atoms with Crippen molar-refractivity contribution >= 4 is 38.7 Å². The van der Waals surface area contributed by atoms with E-state index >= 15 is 0 Å². The number of allylic oxidation sites excluding steroid dienone is 1. The SMILES string of the molecule is CCCCN(C)C[C@H](O)Cn1cc(/C=C/C(=O)c2ccc(Br)cc2)c2ccccc21. The van der Waals surface area contributed by atoms with Crippen LogP contribution in [0.1, 0.15) is 35.7 Å². The first-order chi connectivity index (χ1) is 14.5. The van der Waals surface area contributed by atoms with E-state index in [-0.39, 0.29) is 5.78 Å². The molecule has 0 saturated carbocycles. The lowest BCUT2D eigenvalue weighted by Gasteiger charge is -2.21. The lowest BCUT2D eigenvalue weighted by atomic mass is 10.1. The van der Waals surface area contributed by atoms with E-state index < -0.39 is 6.10 Å². The number of ketones is 1. The average molecular weight is 469 g/mol. The van der Waals surface area contributed by atoms with Gasteiger partial charge in [0.15, 0.2) is 5.78 Å². The van der Waals surface area contributed by atoms with Crippen molar-refractivity contribution in [2.75, 3.05) is 20.1 Å². The molecule has 0 amide bonds. The summed E-state index contributed by atoms with van der Waals surface area (Å²) in [4.78, 5) is 14.7. The highest BCUT2D eigenvalue weighted by molar-refractivity contribution is 9.10. The number of benzene rings is 2. The maximum absolute atomic E-state index is 12.5. The summed E-state index contributed by atoms with van der Waals surface area (Å²) in [6.45, 7) is 4.32. The molecule has 0 spiro atoms. The molecule has 5 heteroatoms. The zero-order valence-corrected chi connectivity index (χ0v) is 19.2. The van der Waals surface area contributed by atoms with E-state index in [1.807, 2.05) is 48.7 Å². The fourth-order valence-corrected chi connectivity index (χ4v) is 3.86. The molecule has 2 aromatic carbocycles. The van der Waals surface area contributed by atoms with Crippen LogP contribution in [0.4, 0.5) is 0 Å². The van der Waals surface area contributed by atoms with Gasteiger partial charge in [0.05, 0.1) is 6.10 Å². The Morgan fingerprint density at radius 3 is 2.67 bits per heavy atom. The third kappa shape index (κ3) is 5.91. The van der Waals surface area contributed by atoms with Crippen molar-refractivity contribution in [3.63, 3.8) is 0 Å². The molecule has 3 rings (SSSR count). The fraction of sp³-hybridized carbons (Fsp3) is 0.320. The number of hydrogen-bond acceptors (Lipinski definition) is 3. The van der Waals surface area contributed by atoms with Crippen LogP contribution in [-0.4, -0.2) is 46.6 Å². The third-order valence-electron chi connectivity index (χ3n) is 5.19. The lowest BCUT2D eigenvalue weighted by Crippen LogP contribution is -2.32. The summed E-state index contributed by atoms with van der Waals surface area (Å²) < 4.78 is 3.03. The van der Waals surface area contributed by atoms with Crippen molar-refractivity contribution in [1.29, 1.82) is 0 Å². The van der Waals surface area contributed by atoms with E-state index in [2.05, 4.69) is 51.5 Å². The Bertz CT molecular complexity index is 1010. The van der Waals surface area contributed by atoms with Gasteiger partial charge in [-0.3, -0.25) is 4.79 Å². The minimum atomic E-state index is -0.455. The predicted molar refractivity (Wildman–Crippen MR) is 128 cm³/mol. The van der Waals surface area contributed by atoms with Gasteiger partial charge in [-0.25, -0.2) is 0 Å². The molecule has 0 radical (unpaired) electrons. The number of halogens is 1. The Kier molecular flexibility index (Phi) is 8.02. The Balaban J connectivity index is 1.76. The van der Waals surface area contributed by atoms with Gasteiger partial charge in [0.2, 0.25) is 0 Å². The Hall–Kier alpha value is -2.21. The highest BCUT2D eigenvalue weighted by Gasteiger charge is 2.13. The second-order valence-electron chi connectivity index (χ2n) is 7.73. The van der Waals surface area contributed by atoms with Gasteiger partial charge in [0.25, 0.3) is 0 Å². The van der Waals surface area contributed by atoms with Crippen LogP contribution >= 0.6 is 15.9 Å². The summed E-state index contributed by atoms with van der Waals surface area (Å²) in [7, 11) is 2.05. The standard InChI is InChI=1S/C25H29BrN2O2/c1-3-4-15-27(2)17-22(29)18-28-16-20(23-7-5-6-8-24(23)28)11-14-25(30)19-9-12-21(26)13-10-19/h5-14,16,22,29H,3-4,15,17-18H2,1-2H3/b14-11+/t22-/m0/s1. The average Bonchev–Trinajstić information content (AvgIpc) is 3.08. The molecule has 0 unspecified atom stereocenters. The van der Waals surface area contributed by atoms with E-state index in [0.717, 1.165) is 40.3 Å². The molecule has 3 aromatic rings. The molecule has 1 N–H and O–H groups in total. The molecule has 0 fully saturated rings. The first-order valence-electron chi connectivity index (χ1n) is 10.4. The number of carbonyl (C=O) groups is 1. The number of aromatic nitrogens is 1. The third-order valence-corrected chi connectivity index (χ3v) is 5.71. The Morgan fingerprint density at radius 1 is 1.20 bits per heavy atom. The molecule has 0 aliphatic rings. The summed E-state index contributed by atoms with van der Waals surface area (Å²) in [5.74, 6) is -0.0306. The summed E-state index contributed by atoms with van der Waals surface area (Å²) in [6, 6.07) is 15.5. The van der Waals surface area contributed by atoms with Gasteiger partial charge < -0.3 is 14.6 Å². The minimum Gasteiger partial charge on any atom is -0.390 e. The van der Waals surface area contributed by atoms with Crippen LogP contribution in [0.3, 0.4) is 0 Å². The number of para-hydroxylation sites is 1. The molecule has 1 aromatic heterocycles. The van der Waals surface area contributed by atoms with Crippen LogP contribution in [0.5, 0.6) is 0 Å². The van der Waals surface area contributed by atoms with Crippen molar-refractivity contribution in [3.05, 3.63) is 76.4 Å². The van der Waals surface area contributed by atoms with Gasteiger partial charge >= 0.3 is 0 Å². The van der Waals surface area contributed by atoms with Crippen molar-refractivity contribution in [3.8, 4) is 0 Å². The van der Waals surface area contributed by atoms with Crippen molar-refractivity contribution in [2.45, 2.75) is 32.4 Å². The van der Waals surface area contributed by atoms with Gasteiger partial charge in [-0.2, -0.15) is 0 Å². The zero-order chi connectivity index (χ0) is 21.5. The first-order valence-corrected chi connectivity index (χ1v) is 11.2. The maximum atomic E-state index is 12.5. The fourth-order valence-electron chi connectivity index (χ4n) is 3.60. The molecule has 0 saturated heterocycles. The molecule has 158 valence electrons. The number of aliphatic hydroxyl groups is 1. The van der Waals surface area contributed by atoms with Gasteiger partial charge in [-0.15, -0.1) is 0 Å². The van der Waals surface area contributed by atoms with Crippen molar-refractivity contribution in [1.82, 2.24) is 9.47 Å². The second-order valence-corrected chi connectivity index (χ2v) is 8.64. The van der Waals surface area contributed by atoms with E-state index in [0.29, 0.717) is 18.7 Å². The van der Waals surface area contributed by atoms with E-state index in [1.165, 1.54) is 0 Å². The molecule has 0 aliphatic heterocycles. The van der Waals surface area contributed by atoms with Gasteiger partial charge in [-0.1, -0.05) is 47.5 Å². The Morgan fingerprint density at radius 2 is 1.93 bits per heavy atom. The van der Waals surface area contributed by atoms with Gasteiger partial charge in [0, 0.05) is 45.8 Å². The van der Waals surface area contributed by atoms with Crippen LogP contribution in [-0.2, 0) is 6.54 Å². The molecule has 0 aliphatic carbocycles. The second kappa shape index (κ2) is 10.7. The van der Waals surface area contributed by atoms with Gasteiger partial charge in [-0.05, 0) is 62.5 Å².